The number of aromatic amines is 1. The lowest BCUT2D eigenvalue weighted by molar-refractivity contribution is 0.287. The van der Waals surface area contributed by atoms with E-state index in [2.05, 4.69) is 9.97 Å². The molecule has 0 atom stereocenters. The van der Waals surface area contributed by atoms with Gasteiger partial charge in [0.05, 0.1) is 19.0 Å². The Hall–Kier alpha value is -1.81. The lowest BCUT2D eigenvalue weighted by atomic mass is 10.1. The molecule has 0 unspecified atom stereocenters. The molecule has 0 amide bonds. The third kappa shape index (κ3) is 2.85. The molecule has 90 valence electrons. The Balaban J connectivity index is 2.18. The fourth-order valence-electron chi connectivity index (χ4n) is 1.67. The Morgan fingerprint density at radius 1 is 1.41 bits per heavy atom. The number of hydrogen-bond donors (Lipinski definition) is 2. The molecular formula is C13H16N2O2. The van der Waals surface area contributed by atoms with Crippen molar-refractivity contribution in [2.24, 2.45) is 0 Å². The van der Waals surface area contributed by atoms with Crippen molar-refractivity contribution in [1.29, 1.82) is 0 Å². The molecule has 2 aromatic rings. The van der Waals surface area contributed by atoms with Gasteiger partial charge >= 0.3 is 0 Å². The summed E-state index contributed by atoms with van der Waals surface area (Å²) in [7, 11) is 1.65. The minimum atomic E-state index is 0.190. The van der Waals surface area contributed by atoms with Crippen LogP contribution in [0, 0.1) is 0 Å². The van der Waals surface area contributed by atoms with Gasteiger partial charge in [-0.2, -0.15) is 0 Å². The number of nitrogens with zero attached hydrogens (tertiary/aromatic N) is 1. The molecule has 0 fully saturated rings. The summed E-state index contributed by atoms with van der Waals surface area (Å²) in [6, 6.07) is 7.82. The van der Waals surface area contributed by atoms with E-state index >= 15 is 0 Å². The molecule has 0 aliphatic carbocycles. The Kier molecular flexibility index (Phi) is 3.77. The number of aryl methyl sites for hydroxylation is 1. The average molecular weight is 232 g/mol. The molecule has 2 N–H and O–H groups in total. The van der Waals surface area contributed by atoms with Crippen molar-refractivity contribution < 1.29 is 9.84 Å². The highest BCUT2D eigenvalue weighted by atomic mass is 16.5. The van der Waals surface area contributed by atoms with Gasteiger partial charge in [-0.25, -0.2) is 4.98 Å². The first kappa shape index (κ1) is 11.7. The number of benzene rings is 1. The quantitative estimate of drug-likeness (QED) is 0.829. The predicted octanol–water partition coefficient (Wildman–Crippen LogP) is 2.01. The van der Waals surface area contributed by atoms with E-state index in [0.29, 0.717) is 0 Å². The number of imidazole rings is 1. The molecule has 1 heterocycles. The maximum Gasteiger partial charge on any atom is 0.119 e. The van der Waals surface area contributed by atoms with Crippen molar-refractivity contribution in [1.82, 2.24) is 9.97 Å². The Morgan fingerprint density at radius 2 is 2.29 bits per heavy atom. The Bertz CT molecular complexity index is 480. The molecule has 17 heavy (non-hydrogen) atoms. The summed E-state index contributed by atoms with van der Waals surface area (Å²) in [5, 5.41) is 8.76. The molecule has 0 aliphatic rings. The SMILES string of the molecule is COc1cccc(-c2cnc(CCCO)[nH]2)c1. The molecule has 4 nitrogen and oxygen atoms in total. The van der Waals surface area contributed by atoms with Gasteiger partial charge in [-0.15, -0.1) is 0 Å². The number of H-pyrrole nitrogens is 1. The highest BCUT2D eigenvalue weighted by molar-refractivity contribution is 5.60. The number of methoxy groups -OCH3 is 1. The fourth-order valence-corrected chi connectivity index (χ4v) is 1.67. The summed E-state index contributed by atoms with van der Waals surface area (Å²) < 4.78 is 5.18. The van der Waals surface area contributed by atoms with Crippen LogP contribution in [-0.2, 0) is 6.42 Å². The zero-order chi connectivity index (χ0) is 12.1. The van der Waals surface area contributed by atoms with Gasteiger partial charge in [-0.05, 0) is 18.6 Å². The fraction of sp³-hybridized carbons (Fsp3) is 0.308. The van der Waals surface area contributed by atoms with Gasteiger partial charge in [-0.1, -0.05) is 12.1 Å². The van der Waals surface area contributed by atoms with Crippen LogP contribution in [0.4, 0.5) is 0 Å². The molecule has 1 aromatic carbocycles. The second-order valence-corrected chi connectivity index (χ2v) is 3.80. The van der Waals surface area contributed by atoms with Crippen LogP contribution < -0.4 is 4.74 Å². The van der Waals surface area contributed by atoms with Crippen molar-refractivity contribution >= 4 is 0 Å². The van der Waals surface area contributed by atoms with E-state index in [0.717, 1.165) is 35.7 Å². The van der Waals surface area contributed by atoms with Crippen LogP contribution in [-0.4, -0.2) is 28.8 Å². The van der Waals surface area contributed by atoms with Crippen molar-refractivity contribution in [3.63, 3.8) is 0 Å². The third-order valence-electron chi connectivity index (χ3n) is 2.58. The average Bonchev–Trinajstić information content (AvgIpc) is 2.85. The normalized spacial score (nSPS) is 10.5. The first-order chi connectivity index (χ1) is 8.33. The van der Waals surface area contributed by atoms with Crippen LogP contribution in [0.1, 0.15) is 12.2 Å². The number of hydrogen-bond acceptors (Lipinski definition) is 3. The monoisotopic (exact) mass is 232 g/mol. The molecule has 0 bridgehead atoms. The smallest absolute Gasteiger partial charge is 0.119 e. The number of rotatable bonds is 5. The lowest BCUT2D eigenvalue weighted by Gasteiger charge is -2.02. The van der Waals surface area contributed by atoms with Gasteiger partial charge < -0.3 is 14.8 Å². The molecule has 0 radical (unpaired) electrons. The number of aliphatic hydroxyl groups excluding tert-OH is 1. The first-order valence-corrected chi connectivity index (χ1v) is 5.62. The van der Waals surface area contributed by atoms with Crippen LogP contribution >= 0.6 is 0 Å². The van der Waals surface area contributed by atoms with Crippen molar-refractivity contribution in [2.75, 3.05) is 13.7 Å². The standard InChI is InChI=1S/C13H16N2O2/c1-17-11-5-2-4-10(8-11)12-9-14-13(15-12)6-3-7-16/h2,4-5,8-9,16H,3,6-7H2,1H3,(H,14,15). The summed E-state index contributed by atoms with van der Waals surface area (Å²) in [5.74, 6) is 1.73. The lowest BCUT2D eigenvalue weighted by Crippen LogP contribution is -1.91. The van der Waals surface area contributed by atoms with Crippen molar-refractivity contribution in [2.45, 2.75) is 12.8 Å². The molecule has 2 rings (SSSR count). The van der Waals surface area contributed by atoms with Crippen molar-refractivity contribution in [3.8, 4) is 17.0 Å². The molecule has 0 aliphatic heterocycles. The molecule has 0 spiro atoms. The third-order valence-corrected chi connectivity index (χ3v) is 2.58. The van der Waals surface area contributed by atoms with Gasteiger partial charge in [0, 0.05) is 18.6 Å². The minimum absolute atomic E-state index is 0.190. The maximum atomic E-state index is 8.76. The number of aliphatic hydroxyl groups is 1. The summed E-state index contributed by atoms with van der Waals surface area (Å²) in [5.41, 5.74) is 2.02. The molecule has 0 saturated carbocycles. The minimum Gasteiger partial charge on any atom is -0.497 e. The van der Waals surface area contributed by atoms with Gasteiger partial charge in [-0.3, -0.25) is 0 Å². The largest absolute Gasteiger partial charge is 0.497 e. The highest BCUT2D eigenvalue weighted by Crippen LogP contribution is 2.22. The van der Waals surface area contributed by atoms with E-state index < -0.39 is 0 Å². The van der Waals surface area contributed by atoms with Gasteiger partial charge in [0.25, 0.3) is 0 Å². The van der Waals surface area contributed by atoms with Gasteiger partial charge in [0.1, 0.15) is 11.6 Å². The van der Waals surface area contributed by atoms with E-state index in [9.17, 15) is 0 Å². The second kappa shape index (κ2) is 5.50. The Morgan fingerprint density at radius 3 is 3.06 bits per heavy atom. The first-order valence-electron chi connectivity index (χ1n) is 5.62. The predicted molar refractivity (Wildman–Crippen MR) is 66.0 cm³/mol. The zero-order valence-corrected chi connectivity index (χ0v) is 9.81. The summed E-state index contributed by atoms with van der Waals surface area (Å²) in [6.45, 7) is 0.190. The molecule has 4 heteroatoms. The van der Waals surface area contributed by atoms with Crippen LogP contribution in [0.5, 0.6) is 5.75 Å². The van der Waals surface area contributed by atoms with Gasteiger partial charge in [0.15, 0.2) is 0 Å². The molecular weight excluding hydrogens is 216 g/mol. The molecule has 1 aromatic heterocycles. The van der Waals surface area contributed by atoms with E-state index in [-0.39, 0.29) is 6.61 Å². The summed E-state index contributed by atoms with van der Waals surface area (Å²) in [6.07, 6.45) is 3.30. The second-order valence-electron chi connectivity index (χ2n) is 3.80. The van der Waals surface area contributed by atoms with E-state index in [1.165, 1.54) is 0 Å². The highest BCUT2D eigenvalue weighted by Gasteiger charge is 2.04. The van der Waals surface area contributed by atoms with Crippen LogP contribution in [0.2, 0.25) is 0 Å². The van der Waals surface area contributed by atoms with E-state index in [1.54, 1.807) is 7.11 Å². The van der Waals surface area contributed by atoms with E-state index in [4.69, 9.17) is 9.84 Å². The van der Waals surface area contributed by atoms with Crippen molar-refractivity contribution in [3.05, 3.63) is 36.3 Å². The number of nitrogens with one attached hydrogen (secondary N) is 1. The van der Waals surface area contributed by atoms with Gasteiger partial charge in [0.2, 0.25) is 0 Å². The Labute approximate surface area is 100 Å². The van der Waals surface area contributed by atoms with Crippen LogP contribution in [0.3, 0.4) is 0 Å². The number of aromatic nitrogens is 2. The summed E-state index contributed by atoms with van der Waals surface area (Å²) >= 11 is 0. The zero-order valence-electron chi connectivity index (χ0n) is 9.81. The summed E-state index contributed by atoms with van der Waals surface area (Å²) in [4.78, 5) is 7.52. The maximum absolute atomic E-state index is 8.76. The van der Waals surface area contributed by atoms with Crippen LogP contribution in [0.15, 0.2) is 30.5 Å². The topological polar surface area (TPSA) is 58.1 Å². The molecule has 0 saturated heterocycles. The van der Waals surface area contributed by atoms with Crippen LogP contribution in [0.25, 0.3) is 11.3 Å². The van der Waals surface area contributed by atoms with E-state index in [1.807, 2.05) is 30.5 Å². The number of ether oxygens (including phenoxy) is 1.